The fourth-order valence-corrected chi connectivity index (χ4v) is 5.20. The van der Waals surface area contributed by atoms with Gasteiger partial charge in [0, 0.05) is 44.8 Å². The van der Waals surface area contributed by atoms with Crippen molar-refractivity contribution in [1.82, 2.24) is 14.9 Å². The summed E-state index contributed by atoms with van der Waals surface area (Å²) in [5, 5.41) is 2.88. The summed E-state index contributed by atoms with van der Waals surface area (Å²) in [6.45, 7) is 5.54. The van der Waals surface area contributed by atoms with Gasteiger partial charge in [0.1, 0.15) is 4.90 Å². The summed E-state index contributed by atoms with van der Waals surface area (Å²) in [5.41, 5.74) is 1.91. The monoisotopic (exact) mass is 490 g/mol. The number of methoxy groups -OCH3 is 2. The number of ether oxygens (including phenoxy) is 2. The fraction of sp³-hybridized carbons (Fsp3) is 0.458. The lowest BCUT2D eigenvalue weighted by Gasteiger charge is -2.35. The van der Waals surface area contributed by atoms with Crippen LogP contribution in [-0.2, 0) is 16.4 Å². The molecule has 0 aromatic heterocycles. The molecule has 1 fully saturated rings. The van der Waals surface area contributed by atoms with Gasteiger partial charge in [-0.25, -0.2) is 13.1 Å². The highest BCUT2D eigenvalue weighted by molar-refractivity contribution is 7.89. The van der Waals surface area contributed by atoms with Gasteiger partial charge in [0.2, 0.25) is 10.0 Å². The number of rotatable bonds is 10. The van der Waals surface area contributed by atoms with Crippen LogP contribution in [0.25, 0.3) is 0 Å². The van der Waals surface area contributed by atoms with Crippen LogP contribution >= 0.6 is 0 Å². The zero-order valence-electron chi connectivity index (χ0n) is 20.3. The first-order valence-corrected chi connectivity index (χ1v) is 12.8. The summed E-state index contributed by atoms with van der Waals surface area (Å²) in [6, 6.07) is 10.5. The molecule has 2 aromatic rings. The summed E-state index contributed by atoms with van der Waals surface area (Å²) < 4.78 is 39.0. The Morgan fingerprint density at radius 3 is 2.35 bits per heavy atom. The molecule has 3 rings (SSSR count). The molecule has 1 heterocycles. The van der Waals surface area contributed by atoms with Gasteiger partial charge in [0.05, 0.1) is 19.9 Å². The van der Waals surface area contributed by atoms with Crippen LogP contribution in [0.3, 0.4) is 0 Å². The second-order valence-corrected chi connectivity index (χ2v) is 9.90. The summed E-state index contributed by atoms with van der Waals surface area (Å²) in [5.74, 6) is 0.951. The van der Waals surface area contributed by atoms with E-state index in [-0.39, 0.29) is 17.3 Å². The average Bonchev–Trinajstić information content (AvgIpc) is 2.84. The predicted octanol–water partition coefficient (Wildman–Crippen LogP) is 1.73. The molecule has 0 saturated carbocycles. The molecular formula is C24H34N4O5S. The number of anilines is 1. The number of nitrogens with zero attached hydrogens (tertiary/aromatic N) is 2. The summed E-state index contributed by atoms with van der Waals surface area (Å²) >= 11 is 0. The number of hydrogen-bond acceptors (Lipinski definition) is 7. The molecule has 186 valence electrons. The number of likely N-dealkylation sites (N-methyl/N-ethyl adjacent to an activating group) is 1. The number of hydrogen-bond donors (Lipinski definition) is 2. The fourth-order valence-electron chi connectivity index (χ4n) is 3.91. The first kappa shape index (κ1) is 25.8. The van der Waals surface area contributed by atoms with Crippen molar-refractivity contribution < 1.29 is 22.7 Å². The van der Waals surface area contributed by atoms with Crippen molar-refractivity contribution in [2.75, 3.05) is 65.4 Å². The van der Waals surface area contributed by atoms with Crippen LogP contribution < -0.4 is 24.4 Å². The zero-order chi connectivity index (χ0) is 24.7. The highest BCUT2D eigenvalue weighted by Crippen LogP contribution is 2.29. The topological polar surface area (TPSA) is 100 Å². The van der Waals surface area contributed by atoms with Crippen molar-refractivity contribution in [2.24, 2.45) is 0 Å². The normalized spacial score (nSPS) is 14.6. The van der Waals surface area contributed by atoms with Crippen LogP contribution in [0.1, 0.15) is 22.8 Å². The molecule has 0 radical (unpaired) electrons. The maximum Gasteiger partial charge on any atom is 0.251 e. The van der Waals surface area contributed by atoms with E-state index in [2.05, 4.69) is 19.8 Å². The predicted molar refractivity (Wildman–Crippen MR) is 133 cm³/mol. The molecule has 0 atom stereocenters. The molecule has 34 heavy (non-hydrogen) atoms. The third-order valence-electron chi connectivity index (χ3n) is 5.84. The van der Waals surface area contributed by atoms with Crippen molar-refractivity contribution >= 4 is 21.6 Å². The van der Waals surface area contributed by atoms with E-state index in [1.807, 2.05) is 25.2 Å². The highest BCUT2D eigenvalue weighted by atomic mass is 32.2. The minimum atomic E-state index is -3.75. The number of carbonyl (C=O) groups is 1. The van der Waals surface area contributed by atoms with Crippen LogP contribution in [0.15, 0.2) is 41.3 Å². The Hall–Kier alpha value is -2.82. The molecule has 10 heteroatoms. The SMILES string of the molecule is CCNS(=O)(=O)c1cc(C(=O)NCCc2ccc(OC)c(OC)c2)ccc1N1CCN(C)CC1. The van der Waals surface area contributed by atoms with Gasteiger partial charge in [-0.15, -0.1) is 0 Å². The smallest absolute Gasteiger partial charge is 0.251 e. The third-order valence-corrected chi connectivity index (χ3v) is 7.41. The Morgan fingerprint density at radius 1 is 1.00 bits per heavy atom. The first-order valence-electron chi connectivity index (χ1n) is 11.4. The number of nitrogens with one attached hydrogen (secondary N) is 2. The van der Waals surface area contributed by atoms with Gasteiger partial charge < -0.3 is 24.6 Å². The Morgan fingerprint density at radius 2 is 1.71 bits per heavy atom. The summed E-state index contributed by atoms with van der Waals surface area (Å²) in [6.07, 6.45) is 0.591. The Bertz CT molecular complexity index is 1100. The molecule has 1 aliphatic heterocycles. The zero-order valence-corrected chi connectivity index (χ0v) is 21.1. The Kier molecular flexibility index (Phi) is 8.76. The van der Waals surface area contributed by atoms with Crippen molar-refractivity contribution in [2.45, 2.75) is 18.2 Å². The van der Waals surface area contributed by atoms with Crippen molar-refractivity contribution in [3.63, 3.8) is 0 Å². The van der Waals surface area contributed by atoms with Crippen molar-refractivity contribution in [3.8, 4) is 11.5 Å². The highest BCUT2D eigenvalue weighted by Gasteiger charge is 2.25. The molecule has 1 aliphatic rings. The number of benzene rings is 2. The molecule has 2 N–H and O–H groups in total. The molecular weight excluding hydrogens is 456 g/mol. The molecule has 0 unspecified atom stereocenters. The van der Waals surface area contributed by atoms with E-state index in [1.165, 1.54) is 6.07 Å². The molecule has 9 nitrogen and oxygen atoms in total. The molecule has 0 spiro atoms. The van der Waals surface area contributed by atoms with E-state index in [0.29, 0.717) is 35.7 Å². The molecule has 0 aliphatic carbocycles. The van der Waals surface area contributed by atoms with Crippen LogP contribution in [0.5, 0.6) is 11.5 Å². The van der Waals surface area contributed by atoms with E-state index in [0.717, 1.165) is 31.7 Å². The standard InChI is InChI=1S/C24H34N4O5S/c1-5-26-34(30,31)23-17-19(7-8-20(23)28-14-12-27(2)13-15-28)24(29)25-11-10-18-6-9-21(32-3)22(16-18)33-4/h6-9,16-17,26H,5,10-15H2,1-4H3,(H,25,29). The number of carbonyl (C=O) groups excluding carboxylic acids is 1. The average molecular weight is 491 g/mol. The van der Waals surface area contributed by atoms with Crippen LogP contribution in [0.2, 0.25) is 0 Å². The van der Waals surface area contributed by atoms with Gasteiger partial charge in [-0.3, -0.25) is 4.79 Å². The third kappa shape index (κ3) is 6.19. The lowest BCUT2D eigenvalue weighted by atomic mass is 10.1. The van der Waals surface area contributed by atoms with E-state index >= 15 is 0 Å². The molecule has 1 saturated heterocycles. The second kappa shape index (κ2) is 11.5. The minimum absolute atomic E-state index is 0.131. The van der Waals surface area contributed by atoms with E-state index in [4.69, 9.17) is 9.47 Å². The van der Waals surface area contributed by atoms with Crippen LogP contribution in [0, 0.1) is 0 Å². The molecule has 1 amide bonds. The molecule has 0 bridgehead atoms. The molecule has 2 aromatic carbocycles. The Labute approximate surface area is 202 Å². The lowest BCUT2D eigenvalue weighted by Crippen LogP contribution is -2.45. The number of amides is 1. The lowest BCUT2D eigenvalue weighted by molar-refractivity contribution is 0.0954. The maximum atomic E-state index is 12.9. The van der Waals surface area contributed by atoms with Crippen LogP contribution in [-0.4, -0.2) is 79.8 Å². The van der Waals surface area contributed by atoms with Gasteiger partial charge in [-0.2, -0.15) is 0 Å². The minimum Gasteiger partial charge on any atom is -0.493 e. The van der Waals surface area contributed by atoms with Gasteiger partial charge >= 0.3 is 0 Å². The van der Waals surface area contributed by atoms with Crippen molar-refractivity contribution in [1.29, 1.82) is 0 Å². The van der Waals surface area contributed by atoms with E-state index < -0.39 is 10.0 Å². The summed E-state index contributed by atoms with van der Waals surface area (Å²) in [7, 11) is 1.45. The largest absolute Gasteiger partial charge is 0.493 e. The van der Waals surface area contributed by atoms with Gasteiger partial charge in [0.25, 0.3) is 5.91 Å². The van der Waals surface area contributed by atoms with Gasteiger partial charge in [-0.1, -0.05) is 13.0 Å². The summed E-state index contributed by atoms with van der Waals surface area (Å²) in [4.78, 5) is 17.2. The maximum absolute atomic E-state index is 12.9. The number of sulfonamides is 1. The van der Waals surface area contributed by atoms with Crippen molar-refractivity contribution in [3.05, 3.63) is 47.5 Å². The van der Waals surface area contributed by atoms with Gasteiger partial charge in [0.15, 0.2) is 11.5 Å². The second-order valence-electron chi connectivity index (χ2n) is 8.17. The van der Waals surface area contributed by atoms with E-state index in [1.54, 1.807) is 33.3 Å². The van der Waals surface area contributed by atoms with E-state index in [9.17, 15) is 13.2 Å². The quantitative estimate of drug-likeness (QED) is 0.523. The number of piperazine rings is 1. The first-order chi connectivity index (χ1) is 16.3. The van der Waals surface area contributed by atoms with Crippen LogP contribution in [0.4, 0.5) is 5.69 Å². The van der Waals surface area contributed by atoms with Gasteiger partial charge in [-0.05, 0) is 49.4 Å². The Balaban J connectivity index is 1.75.